The number of alkyl halides is 1. The van der Waals surface area contributed by atoms with E-state index in [0.717, 1.165) is 0 Å². The Labute approximate surface area is 114 Å². The van der Waals surface area contributed by atoms with E-state index in [1.165, 1.54) is 0 Å². The van der Waals surface area contributed by atoms with Crippen LogP contribution in [0.5, 0.6) is 0 Å². The van der Waals surface area contributed by atoms with Gasteiger partial charge in [0.2, 0.25) is 11.8 Å². The number of benzene rings is 1. The standard InChI is InChI=1S/C10H6Br2ClNO2/c11-7-4(2-1-3-5(7)13)6-8(12)10(16)14-9(6)15/h1-3,6,8H,(H,14,15,16). The van der Waals surface area contributed by atoms with Crippen LogP contribution in [0.2, 0.25) is 5.02 Å². The molecule has 16 heavy (non-hydrogen) atoms. The van der Waals surface area contributed by atoms with Gasteiger partial charge in [-0.2, -0.15) is 0 Å². The molecule has 0 saturated carbocycles. The molecule has 1 aromatic rings. The highest BCUT2D eigenvalue weighted by Crippen LogP contribution is 2.37. The van der Waals surface area contributed by atoms with E-state index in [1.807, 2.05) is 0 Å². The van der Waals surface area contributed by atoms with Crippen molar-refractivity contribution in [2.75, 3.05) is 0 Å². The van der Waals surface area contributed by atoms with Gasteiger partial charge in [0, 0.05) is 4.47 Å². The Morgan fingerprint density at radius 3 is 2.50 bits per heavy atom. The average molecular weight is 367 g/mol. The third-order valence-corrected chi connectivity index (χ3v) is 4.76. The van der Waals surface area contributed by atoms with Crippen LogP contribution in [0.4, 0.5) is 0 Å². The van der Waals surface area contributed by atoms with E-state index in [0.29, 0.717) is 15.1 Å². The molecular weight excluding hydrogens is 361 g/mol. The van der Waals surface area contributed by atoms with Gasteiger partial charge in [-0.3, -0.25) is 14.9 Å². The quantitative estimate of drug-likeness (QED) is 0.613. The summed E-state index contributed by atoms with van der Waals surface area (Å²) >= 11 is 12.5. The summed E-state index contributed by atoms with van der Waals surface area (Å²) in [5.74, 6) is -1.17. The number of carbonyl (C=O) groups is 2. The number of nitrogens with one attached hydrogen (secondary N) is 1. The van der Waals surface area contributed by atoms with Crippen molar-refractivity contribution < 1.29 is 9.59 Å². The van der Waals surface area contributed by atoms with Crippen LogP contribution < -0.4 is 5.32 Å². The van der Waals surface area contributed by atoms with Gasteiger partial charge in [-0.1, -0.05) is 39.7 Å². The minimum Gasteiger partial charge on any atom is -0.295 e. The summed E-state index contributed by atoms with van der Waals surface area (Å²) in [5.41, 5.74) is 0.706. The van der Waals surface area contributed by atoms with Gasteiger partial charge in [0.15, 0.2) is 0 Å². The number of hydrogen-bond donors (Lipinski definition) is 1. The molecule has 6 heteroatoms. The van der Waals surface area contributed by atoms with Gasteiger partial charge in [0.05, 0.1) is 10.9 Å². The first-order valence-electron chi connectivity index (χ1n) is 4.45. The van der Waals surface area contributed by atoms with Crippen molar-refractivity contribution in [3.8, 4) is 0 Å². The largest absolute Gasteiger partial charge is 0.295 e. The molecule has 2 rings (SSSR count). The van der Waals surface area contributed by atoms with Crippen LogP contribution in [0, 0.1) is 0 Å². The summed E-state index contributed by atoms with van der Waals surface area (Å²) in [5, 5.41) is 2.79. The fourth-order valence-electron chi connectivity index (χ4n) is 1.61. The zero-order chi connectivity index (χ0) is 11.9. The molecule has 1 heterocycles. The summed E-state index contributed by atoms with van der Waals surface area (Å²) in [7, 11) is 0. The Balaban J connectivity index is 2.48. The monoisotopic (exact) mass is 365 g/mol. The first kappa shape index (κ1) is 12.1. The SMILES string of the molecule is O=C1NC(=O)C(c2cccc(Cl)c2Br)C1Br. The number of imide groups is 1. The zero-order valence-electron chi connectivity index (χ0n) is 7.84. The van der Waals surface area contributed by atoms with Crippen molar-refractivity contribution in [3.05, 3.63) is 33.3 Å². The third-order valence-electron chi connectivity index (χ3n) is 2.39. The molecule has 0 spiro atoms. The highest BCUT2D eigenvalue weighted by atomic mass is 79.9. The van der Waals surface area contributed by atoms with Crippen molar-refractivity contribution in [1.29, 1.82) is 0 Å². The predicted octanol–water partition coefficient (Wildman–Crippen LogP) is 2.61. The summed E-state index contributed by atoms with van der Waals surface area (Å²) in [6.45, 7) is 0. The van der Waals surface area contributed by atoms with Gasteiger partial charge >= 0.3 is 0 Å². The maximum atomic E-state index is 11.6. The molecule has 0 radical (unpaired) electrons. The maximum absolute atomic E-state index is 11.6. The minimum atomic E-state index is -0.547. The predicted molar refractivity (Wildman–Crippen MR) is 67.8 cm³/mol. The van der Waals surface area contributed by atoms with Gasteiger partial charge in [-0.25, -0.2) is 0 Å². The van der Waals surface area contributed by atoms with E-state index >= 15 is 0 Å². The van der Waals surface area contributed by atoms with Crippen LogP contribution in [-0.2, 0) is 9.59 Å². The Bertz CT molecular complexity index is 478. The van der Waals surface area contributed by atoms with Crippen LogP contribution in [-0.4, -0.2) is 16.6 Å². The molecule has 0 bridgehead atoms. The minimum absolute atomic E-state index is 0.310. The average Bonchev–Trinajstić information content (AvgIpc) is 2.47. The van der Waals surface area contributed by atoms with Gasteiger partial charge in [-0.15, -0.1) is 0 Å². The molecule has 2 unspecified atom stereocenters. The highest BCUT2D eigenvalue weighted by Gasteiger charge is 2.41. The number of rotatable bonds is 1. The number of halogens is 3. The molecule has 0 aromatic heterocycles. The first-order valence-corrected chi connectivity index (χ1v) is 6.53. The highest BCUT2D eigenvalue weighted by molar-refractivity contribution is 9.10. The number of amides is 2. The lowest BCUT2D eigenvalue weighted by molar-refractivity contribution is -0.125. The molecule has 1 saturated heterocycles. The van der Waals surface area contributed by atoms with Crippen LogP contribution in [0.25, 0.3) is 0 Å². The molecule has 1 N–H and O–H groups in total. The molecule has 1 aliphatic heterocycles. The molecule has 84 valence electrons. The molecule has 0 aliphatic carbocycles. The number of hydrogen-bond acceptors (Lipinski definition) is 2. The fourth-order valence-corrected chi connectivity index (χ4v) is 2.94. The maximum Gasteiger partial charge on any atom is 0.241 e. The van der Waals surface area contributed by atoms with E-state index in [1.54, 1.807) is 18.2 Å². The molecule has 1 aliphatic rings. The van der Waals surface area contributed by atoms with Crippen molar-refractivity contribution in [3.63, 3.8) is 0 Å². The summed E-state index contributed by atoms with van der Waals surface area (Å²) in [4.78, 5) is 22.4. The molecule has 1 aromatic carbocycles. The van der Waals surface area contributed by atoms with E-state index in [-0.39, 0.29) is 11.8 Å². The first-order chi connectivity index (χ1) is 7.52. The topological polar surface area (TPSA) is 46.2 Å². The van der Waals surface area contributed by atoms with E-state index < -0.39 is 10.7 Å². The summed E-state index contributed by atoms with van der Waals surface area (Å²) in [6.07, 6.45) is 0. The van der Waals surface area contributed by atoms with Gasteiger partial charge in [0.1, 0.15) is 4.83 Å². The Morgan fingerprint density at radius 1 is 1.25 bits per heavy atom. The van der Waals surface area contributed by atoms with Gasteiger partial charge in [0.25, 0.3) is 0 Å². The van der Waals surface area contributed by atoms with Crippen molar-refractivity contribution in [2.45, 2.75) is 10.7 Å². The molecular formula is C10H6Br2ClNO2. The van der Waals surface area contributed by atoms with E-state index in [9.17, 15) is 9.59 Å². The third kappa shape index (κ3) is 1.92. The lowest BCUT2D eigenvalue weighted by Crippen LogP contribution is -2.22. The molecule has 3 nitrogen and oxygen atoms in total. The smallest absolute Gasteiger partial charge is 0.241 e. The summed E-state index contributed by atoms with van der Waals surface area (Å²) < 4.78 is 0.649. The van der Waals surface area contributed by atoms with Crippen molar-refractivity contribution in [1.82, 2.24) is 5.32 Å². The Kier molecular flexibility index (Phi) is 3.37. The lowest BCUT2D eigenvalue weighted by Gasteiger charge is -2.12. The number of carbonyl (C=O) groups excluding carboxylic acids is 2. The van der Waals surface area contributed by atoms with E-state index in [4.69, 9.17) is 11.6 Å². The van der Waals surface area contributed by atoms with Crippen LogP contribution in [0.15, 0.2) is 22.7 Å². The zero-order valence-corrected chi connectivity index (χ0v) is 11.8. The van der Waals surface area contributed by atoms with Crippen molar-refractivity contribution >= 4 is 55.3 Å². The summed E-state index contributed by atoms with van der Waals surface area (Å²) in [6, 6.07) is 5.23. The second-order valence-electron chi connectivity index (χ2n) is 3.38. The normalized spacial score (nSPS) is 24.7. The second-order valence-corrected chi connectivity index (χ2v) is 5.56. The van der Waals surface area contributed by atoms with Crippen LogP contribution >= 0.6 is 43.5 Å². The van der Waals surface area contributed by atoms with Crippen LogP contribution in [0.1, 0.15) is 11.5 Å². The van der Waals surface area contributed by atoms with E-state index in [2.05, 4.69) is 37.2 Å². The second kappa shape index (κ2) is 4.47. The fraction of sp³-hybridized carbons (Fsp3) is 0.200. The Hall–Kier alpha value is -0.390. The van der Waals surface area contributed by atoms with Crippen molar-refractivity contribution in [2.24, 2.45) is 0 Å². The van der Waals surface area contributed by atoms with Gasteiger partial charge in [-0.05, 0) is 27.6 Å². The molecule has 2 atom stereocenters. The van der Waals surface area contributed by atoms with Gasteiger partial charge < -0.3 is 0 Å². The lowest BCUT2D eigenvalue weighted by atomic mass is 9.97. The molecule has 2 amide bonds. The molecule has 1 fully saturated rings. The van der Waals surface area contributed by atoms with Crippen LogP contribution in [0.3, 0.4) is 0 Å². The Morgan fingerprint density at radius 2 is 1.94 bits per heavy atom.